The molecule has 24 heavy (non-hydrogen) atoms. The van der Waals surface area contributed by atoms with Crippen molar-refractivity contribution in [2.75, 3.05) is 5.32 Å². The van der Waals surface area contributed by atoms with Gasteiger partial charge in [-0.05, 0) is 36.8 Å². The highest BCUT2D eigenvalue weighted by molar-refractivity contribution is 7.15. The second-order valence-electron chi connectivity index (χ2n) is 5.45. The van der Waals surface area contributed by atoms with Crippen LogP contribution in [0.25, 0.3) is 22.6 Å². The summed E-state index contributed by atoms with van der Waals surface area (Å²) in [6.07, 6.45) is 1.79. The fourth-order valence-electron chi connectivity index (χ4n) is 2.49. The van der Waals surface area contributed by atoms with Gasteiger partial charge in [-0.25, -0.2) is 9.97 Å². The summed E-state index contributed by atoms with van der Waals surface area (Å²) < 4.78 is 6.41. The number of anilines is 1. The van der Waals surface area contributed by atoms with Gasteiger partial charge < -0.3 is 9.73 Å². The zero-order valence-corrected chi connectivity index (χ0v) is 14.5. The Hall–Kier alpha value is -2.37. The van der Waals surface area contributed by atoms with Crippen LogP contribution in [0.2, 0.25) is 4.47 Å². The van der Waals surface area contributed by atoms with Gasteiger partial charge in [0.25, 0.3) is 0 Å². The van der Waals surface area contributed by atoms with E-state index in [0.717, 1.165) is 32.8 Å². The molecule has 4 rings (SSSR count). The fraction of sp³-hybridized carbons (Fsp3) is 0.111. The number of aromatic nitrogens is 2. The van der Waals surface area contributed by atoms with Crippen molar-refractivity contribution in [2.45, 2.75) is 13.5 Å². The fourth-order valence-corrected chi connectivity index (χ4v) is 3.41. The Labute approximate surface area is 148 Å². The molecule has 0 aliphatic heterocycles. The molecule has 0 saturated carbocycles. The standard InChI is InChI=1S/C18H14ClN3OS/c1-11-6-7-12(17-22-14-4-2-3-5-16(14)23-17)8-15(11)20-9-13-10-21-18(19)24-13/h2-8,10,20H,9H2,1H3. The van der Waals surface area contributed by atoms with E-state index in [1.807, 2.05) is 30.3 Å². The van der Waals surface area contributed by atoms with Gasteiger partial charge in [-0.15, -0.1) is 11.3 Å². The monoisotopic (exact) mass is 355 g/mol. The molecule has 0 aliphatic rings. The van der Waals surface area contributed by atoms with E-state index in [1.54, 1.807) is 6.20 Å². The highest BCUT2D eigenvalue weighted by Crippen LogP contribution is 2.28. The SMILES string of the molecule is Cc1ccc(-c2nc3ccccc3o2)cc1NCc1cnc(Cl)s1. The van der Waals surface area contributed by atoms with E-state index >= 15 is 0 Å². The lowest BCUT2D eigenvalue weighted by molar-refractivity contribution is 0.620. The summed E-state index contributed by atoms with van der Waals surface area (Å²) in [5.74, 6) is 0.625. The third-order valence-electron chi connectivity index (χ3n) is 3.76. The molecule has 0 aliphatic carbocycles. The maximum Gasteiger partial charge on any atom is 0.227 e. The second-order valence-corrected chi connectivity index (χ2v) is 7.15. The molecule has 2 heterocycles. The third kappa shape index (κ3) is 3.00. The molecule has 2 aromatic carbocycles. The average Bonchev–Trinajstić information content (AvgIpc) is 3.20. The number of aryl methyl sites for hydroxylation is 1. The summed E-state index contributed by atoms with van der Waals surface area (Å²) in [5.41, 5.74) is 4.80. The van der Waals surface area contributed by atoms with Crippen LogP contribution in [0.15, 0.2) is 53.1 Å². The quantitative estimate of drug-likeness (QED) is 0.523. The third-order valence-corrected chi connectivity index (χ3v) is 4.87. The van der Waals surface area contributed by atoms with Crippen molar-refractivity contribution in [3.63, 3.8) is 0 Å². The summed E-state index contributed by atoms with van der Waals surface area (Å²) >= 11 is 7.35. The number of fused-ring (bicyclic) bond motifs is 1. The Morgan fingerprint density at radius 2 is 2.08 bits per heavy atom. The van der Waals surface area contributed by atoms with E-state index in [0.29, 0.717) is 16.9 Å². The number of thiazole rings is 1. The summed E-state index contributed by atoms with van der Waals surface area (Å²) in [6.45, 7) is 2.75. The van der Waals surface area contributed by atoms with Crippen LogP contribution in [-0.4, -0.2) is 9.97 Å². The lowest BCUT2D eigenvalue weighted by atomic mass is 10.1. The summed E-state index contributed by atoms with van der Waals surface area (Å²) in [4.78, 5) is 9.70. The molecule has 6 heteroatoms. The number of hydrogen-bond donors (Lipinski definition) is 1. The van der Waals surface area contributed by atoms with Crippen LogP contribution in [0, 0.1) is 6.92 Å². The lowest BCUT2D eigenvalue weighted by Gasteiger charge is -2.09. The maximum absolute atomic E-state index is 5.88. The summed E-state index contributed by atoms with van der Waals surface area (Å²) in [7, 11) is 0. The number of para-hydroxylation sites is 2. The number of halogens is 1. The molecular formula is C18H14ClN3OS. The van der Waals surface area contributed by atoms with Gasteiger partial charge in [0.15, 0.2) is 10.0 Å². The van der Waals surface area contributed by atoms with Gasteiger partial charge in [0.1, 0.15) is 5.52 Å². The van der Waals surface area contributed by atoms with Crippen LogP contribution >= 0.6 is 22.9 Å². The largest absolute Gasteiger partial charge is 0.436 e. The van der Waals surface area contributed by atoms with Gasteiger partial charge in [0.2, 0.25) is 5.89 Å². The van der Waals surface area contributed by atoms with E-state index in [9.17, 15) is 0 Å². The minimum atomic E-state index is 0.559. The summed E-state index contributed by atoms with van der Waals surface area (Å²) in [5, 5.41) is 3.43. The first-order chi connectivity index (χ1) is 11.7. The van der Waals surface area contributed by atoms with Gasteiger partial charge >= 0.3 is 0 Å². The maximum atomic E-state index is 5.88. The Morgan fingerprint density at radius 3 is 2.88 bits per heavy atom. The first kappa shape index (κ1) is 15.2. The predicted molar refractivity (Wildman–Crippen MR) is 98.6 cm³/mol. The molecule has 4 nitrogen and oxygen atoms in total. The van der Waals surface area contributed by atoms with Crippen LogP contribution in [0.3, 0.4) is 0 Å². The number of rotatable bonds is 4. The zero-order chi connectivity index (χ0) is 16.5. The molecule has 1 N–H and O–H groups in total. The minimum Gasteiger partial charge on any atom is -0.436 e. The van der Waals surface area contributed by atoms with Crippen molar-refractivity contribution in [3.8, 4) is 11.5 Å². The zero-order valence-electron chi connectivity index (χ0n) is 12.9. The van der Waals surface area contributed by atoms with Crippen molar-refractivity contribution >= 4 is 39.7 Å². The summed E-state index contributed by atoms with van der Waals surface area (Å²) in [6, 6.07) is 13.9. The van der Waals surface area contributed by atoms with Crippen molar-refractivity contribution in [1.82, 2.24) is 9.97 Å². The molecule has 0 amide bonds. The highest BCUT2D eigenvalue weighted by atomic mass is 35.5. The molecule has 0 fully saturated rings. The van der Waals surface area contributed by atoms with Crippen molar-refractivity contribution < 1.29 is 4.42 Å². The molecule has 0 atom stereocenters. The second kappa shape index (κ2) is 6.26. The smallest absolute Gasteiger partial charge is 0.227 e. The first-order valence-electron chi connectivity index (χ1n) is 7.50. The Kier molecular flexibility index (Phi) is 3.96. The van der Waals surface area contributed by atoms with Gasteiger partial charge in [-0.1, -0.05) is 29.8 Å². The number of benzene rings is 2. The molecule has 0 saturated heterocycles. The number of nitrogens with zero attached hydrogens (tertiary/aromatic N) is 2. The van der Waals surface area contributed by atoms with Crippen LogP contribution < -0.4 is 5.32 Å². The van der Waals surface area contributed by atoms with Crippen molar-refractivity contribution in [2.24, 2.45) is 0 Å². The van der Waals surface area contributed by atoms with E-state index in [1.165, 1.54) is 11.3 Å². The Balaban J connectivity index is 1.62. The Bertz CT molecular complexity index is 975. The number of hydrogen-bond acceptors (Lipinski definition) is 5. The van der Waals surface area contributed by atoms with E-state index in [2.05, 4.69) is 34.3 Å². The molecule has 0 unspecified atom stereocenters. The van der Waals surface area contributed by atoms with Crippen LogP contribution in [0.5, 0.6) is 0 Å². The van der Waals surface area contributed by atoms with E-state index < -0.39 is 0 Å². The van der Waals surface area contributed by atoms with Crippen molar-refractivity contribution in [1.29, 1.82) is 0 Å². The Morgan fingerprint density at radius 1 is 1.21 bits per heavy atom. The van der Waals surface area contributed by atoms with Gasteiger partial charge in [0, 0.05) is 22.3 Å². The molecule has 2 aromatic heterocycles. The lowest BCUT2D eigenvalue weighted by Crippen LogP contribution is -1.99. The first-order valence-corrected chi connectivity index (χ1v) is 8.69. The van der Waals surface area contributed by atoms with E-state index in [-0.39, 0.29) is 0 Å². The molecule has 0 bridgehead atoms. The van der Waals surface area contributed by atoms with Crippen molar-refractivity contribution in [3.05, 3.63) is 63.6 Å². The molecular weight excluding hydrogens is 342 g/mol. The molecule has 0 radical (unpaired) electrons. The number of nitrogens with one attached hydrogen (secondary N) is 1. The highest BCUT2D eigenvalue weighted by Gasteiger charge is 2.10. The van der Waals surface area contributed by atoms with Crippen LogP contribution in [-0.2, 0) is 6.54 Å². The van der Waals surface area contributed by atoms with Gasteiger partial charge in [-0.2, -0.15) is 0 Å². The predicted octanol–water partition coefficient (Wildman–Crippen LogP) is 5.53. The molecule has 4 aromatic rings. The van der Waals surface area contributed by atoms with E-state index in [4.69, 9.17) is 16.0 Å². The van der Waals surface area contributed by atoms with Crippen LogP contribution in [0.4, 0.5) is 5.69 Å². The number of oxazole rings is 1. The van der Waals surface area contributed by atoms with Crippen LogP contribution in [0.1, 0.15) is 10.4 Å². The normalized spacial score (nSPS) is 11.1. The molecule has 120 valence electrons. The average molecular weight is 356 g/mol. The topological polar surface area (TPSA) is 51.0 Å². The minimum absolute atomic E-state index is 0.559. The van der Waals surface area contributed by atoms with Gasteiger partial charge in [0.05, 0.1) is 6.54 Å². The molecule has 0 spiro atoms. The van der Waals surface area contributed by atoms with Gasteiger partial charge in [-0.3, -0.25) is 0 Å².